The zero-order valence-corrected chi connectivity index (χ0v) is 9.99. The maximum Gasteiger partial charge on any atom is 0.322 e. The van der Waals surface area contributed by atoms with Crippen LogP contribution in [0.15, 0.2) is 40.9 Å². The van der Waals surface area contributed by atoms with Crippen molar-refractivity contribution in [1.29, 1.82) is 0 Å². The Hall–Kier alpha value is -1.55. The number of aliphatic carboxylic acids is 1. The monoisotopic (exact) mass is 279 g/mol. The molecule has 0 saturated carbocycles. The van der Waals surface area contributed by atoms with Crippen LogP contribution in [0, 0.1) is 0 Å². The van der Waals surface area contributed by atoms with Crippen LogP contribution in [-0.4, -0.2) is 17.6 Å². The number of carbonyl (C=O) groups is 1. The number of halogens is 1. The molecule has 0 aliphatic carbocycles. The van der Waals surface area contributed by atoms with E-state index in [4.69, 9.17) is 5.11 Å². The zero-order chi connectivity index (χ0) is 11.5. The third-order valence-electron chi connectivity index (χ3n) is 2.25. The second kappa shape index (κ2) is 4.53. The fourth-order valence-electron chi connectivity index (χ4n) is 1.50. The molecular weight excluding hydrogens is 270 g/mol. The fraction of sp³-hybridized carbons (Fsp3) is 0.0833. The fourth-order valence-corrected chi connectivity index (χ4v) is 1.88. The lowest BCUT2D eigenvalue weighted by Crippen LogP contribution is -2.12. The summed E-state index contributed by atoms with van der Waals surface area (Å²) in [5.41, 5.74) is 0.817. The molecule has 0 heterocycles. The van der Waals surface area contributed by atoms with Crippen LogP contribution in [-0.2, 0) is 4.79 Å². The van der Waals surface area contributed by atoms with Gasteiger partial charge in [-0.25, -0.2) is 0 Å². The topological polar surface area (TPSA) is 49.3 Å². The minimum absolute atomic E-state index is 0.0674. The number of anilines is 1. The second-order valence-electron chi connectivity index (χ2n) is 3.45. The van der Waals surface area contributed by atoms with Gasteiger partial charge in [-0.1, -0.05) is 28.1 Å². The molecule has 0 saturated heterocycles. The van der Waals surface area contributed by atoms with Crippen molar-refractivity contribution in [2.45, 2.75) is 0 Å². The normalized spacial score (nSPS) is 10.3. The highest BCUT2D eigenvalue weighted by molar-refractivity contribution is 9.10. The van der Waals surface area contributed by atoms with Crippen LogP contribution in [0.2, 0.25) is 0 Å². The van der Waals surface area contributed by atoms with E-state index in [9.17, 15) is 4.79 Å². The molecule has 2 N–H and O–H groups in total. The predicted octanol–water partition coefficient (Wildman–Crippen LogP) is 3.10. The largest absolute Gasteiger partial charge is 0.480 e. The Kier molecular flexibility index (Phi) is 3.10. The van der Waals surface area contributed by atoms with Gasteiger partial charge in [-0.3, -0.25) is 4.79 Å². The predicted molar refractivity (Wildman–Crippen MR) is 67.8 cm³/mol. The van der Waals surface area contributed by atoms with Gasteiger partial charge >= 0.3 is 5.97 Å². The van der Waals surface area contributed by atoms with E-state index < -0.39 is 5.97 Å². The first-order valence-electron chi connectivity index (χ1n) is 4.80. The third-order valence-corrected chi connectivity index (χ3v) is 2.74. The number of fused-ring (bicyclic) bond motifs is 1. The van der Waals surface area contributed by atoms with Gasteiger partial charge < -0.3 is 10.4 Å². The maximum absolute atomic E-state index is 10.4. The molecule has 0 unspecified atom stereocenters. The third kappa shape index (κ3) is 2.52. The molecule has 0 radical (unpaired) electrons. The van der Waals surface area contributed by atoms with E-state index in [-0.39, 0.29) is 6.54 Å². The molecule has 0 amide bonds. The minimum atomic E-state index is -0.865. The lowest BCUT2D eigenvalue weighted by molar-refractivity contribution is -0.134. The number of hydrogen-bond donors (Lipinski definition) is 2. The van der Waals surface area contributed by atoms with E-state index in [2.05, 4.69) is 21.2 Å². The molecule has 82 valence electrons. The molecule has 0 spiro atoms. The Morgan fingerprint density at radius 3 is 2.62 bits per heavy atom. The molecule has 0 aliphatic rings. The molecular formula is C12H10BrNO2. The van der Waals surface area contributed by atoms with E-state index >= 15 is 0 Å². The molecule has 16 heavy (non-hydrogen) atoms. The molecule has 3 nitrogen and oxygen atoms in total. The van der Waals surface area contributed by atoms with Crippen LogP contribution in [0.5, 0.6) is 0 Å². The smallest absolute Gasteiger partial charge is 0.322 e. The van der Waals surface area contributed by atoms with Crippen LogP contribution in [0.4, 0.5) is 5.69 Å². The Bertz CT molecular complexity index is 540. The van der Waals surface area contributed by atoms with Gasteiger partial charge in [0.2, 0.25) is 0 Å². The van der Waals surface area contributed by atoms with Crippen molar-refractivity contribution in [3.63, 3.8) is 0 Å². The lowest BCUT2D eigenvalue weighted by Gasteiger charge is -2.05. The highest BCUT2D eigenvalue weighted by Gasteiger charge is 1.99. The average Bonchev–Trinajstić information content (AvgIpc) is 2.26. The van der Waals surface area contributed by atoms with Crippen LogP contribution < -0.4 is 5.32 Å². The summed E-state index contributed by atoms with van der Waals surface area (Å²) in [6.45, 7) is -0.0674. The van der Waals surface area contributed by atoms with Crippen molar-refractivity contribution in [3.8, 4) is 0 Å². The Morgan fingerprint density at radius 1 is 1.19 bits per heavy atom. The lowest BCUT2D eigenvalue weighted by atomic mass is 10.1. The Labute approximate surface area is 101 Å². The summed E-state index contributed by atoms with van der Waals surface area (Å²) in [7, 11) is 0. The number of benzene rings is 2. The van der Waals surface area contributed by atoms with Gasteiger partial charge in [0.1, 0.15) is 6.54 Å². The number of carboxylic acid groups (broad SMARTS) is 1. The van der Waals surface area contributed by atoms with Gasteiger partial charge in [-0.2, -0.15) is 0 Å². The number of nitrogens with one attached hydrogen (secondary N) is 1. The number of rotatable bonds is 3. The molecule has 4 heteroatoms. The SMILES string of the molecule is O=C(O)CNc1ccc2cc(Br)ccc2c1. The summed E-state index contributed by atoms with van der Waals surface area (Å²) in [5.74, 6) is -0.865. The van der Waals surface area contributed by atoms with Gasteiger partial charge in [-0.15, -0.1) is 0 Å². The molecule has 2 aromatic rings. The summed E-state index contributed by atoms with van der Waals surface area (Å²) < 4.78 is 1.03. The number of hydrogen-bond acceptors (Lipinski definition) is 2. The first-order valence-corrected chi connectivity index (χ1v) is 5.59. The van der Waals surface area contributed by atoms with E-state index in [1.54, 1.807) is 0 Å². The van der Waals surface area contributed by atoms with Crippen molar-refractivity contribution in [3.05, 3.63) is 40.9 Å². The molecule has 0 fully saturated rings. The first-order chi connectivity index (χ1) is 7.65. The van der Waals surface area contributed by atoms with Crippen LogP contribution in [0.1, 0.15) is 0 Å². The molecule has 0 atom stereocenters. The standard InChI is InChI=1S/C12H10BrNO2/c13-10-3-1-9-6-11(14-7-12(15)16)4-2-8(9)5-10/h1-6,14H,7H2,(H,15,16). The molecule has 2 aromatic carbocycles. The van der Waals surface area contributed by atoms with E-state index in [0.717, 1.165) is 20.9 Å². The molecule has 0 bridgehead atoms. The van der Waals surface area contributed by atoms with Crippen LogP contribution in [0.25, 0.3) is 10.8 Å². The van der Waals surface area contributed by atoms with E-state index in [0.29, 0.717) is 0 Å². The van der Waals surface area contributed by atoms with E-state index in [1.807, 2.05) is 36.4 Å². The summed E-state index contributed by atoms with van der Waals surface area (Å²) in [6, 6.07) is 11.7. The average molecular weight is 280 g/mol. The van der Waals surface area contributed by atoms with Crippen LogP contribution in [0.3, 0.4) is 0 Å². The summed E-state index contributed by atoms with van der Waals surface area (Å²) >= 11 is 3.41. The number of carboxylic acids is 1. The minimum Gasteiger partial charge on any atom is -0.480 e. The van der Waals surface area contributed by atoms with Crippen molar-refractivity contribution in [1.82, 2.24) is 0 Å². The van der Waals surface area contributed by atoms with Crippen molar-refractivity contribution in [2.75, 3.05) is 11.9 Å². The van der Waals surface area contributed by atoms with Gasteiger partial charge in [0.25, 0.3) is 0 Å². The quantitative estimate of drug-likeness (QED) is 0.908. The highest BCUT2D eigenvalue weighted by atomic mass is 79.9. The Balaban J connectivity index is 2.30. The molecule has 0 aliphatic heterocycles. The summed E-state index contributed by atoms with van der Waals surface area (Å²) in [5, 5.41) is 13.6. The molecule has 0 aromatic heterocycles. The second-order valence-corrected chi connectivity index (χ2v) is 4.37. The van der Waals surface area contributed by atoms with Crippen molar-refractivity contribution >= 4 is 38.4 Å². The van der Waals surface area contributed by atoms with Gasteiger partial charge in [0.05, 0.1) is 0 Å². The van der Waals surface area contributed by atoms with E-state index in [1.165, 1.54) is 0 Å². The van der Waals surface area contributed by atoms with Crippen molar-refractivity contribution < 1.29 is 9.90 Å². The van der Waals surface area contributed by atoms with Gasteiger partial charge in [0, 0.05) is 10.2 Å². The van der Waals surface area contributed by atoms with Gasteiger partial charge in [-0.05, 0) is 35.0 Å². The van der Waals surface area contributed by atoms with Crippen LogP contribution >= 0.6 is 15.9 Å². The summed E-state index contributed by atoms with van der Waals surface area (Å²) in [4.78, 5) is 10.4. The molecule has 2 rings (SSSR count). The van der Waals surface area contributed by atoms with Crippen molar-refractivity contribution in [2.24, 2.45) is 0 Å². The first kappa shape index (κ1) is 11.0. The maximum atomic E-state index is 10.4. The van der Waals surface area contributed by atoms with Gasteiger partial charge in [0.15, 0.2) is 0 Å². The summed E-state index contributed by atoms with van der Waals surface area (Å²) in [6.07, 6.45) is 0. The Morgan fingerprint density at radius 2 is 1.88 bits per heavy atom. The highest BCUT2D eigenvalue weighted by Crippen LogP contribution is 2.22. The zero-order valence-electron chi connectivity index (χ0n) is 8.40.